The molecule has 1 aliphatic rings. The van der Waals surface area contributed by atoms with E-state index in [1.165, 1.54) is 5.69 Å². The van der Waals surface area contributed by atoms with E-state index in [0.717, 1.165) is 24.6 Å². The van der Waals surface area contributed by atoms with Crippen LogP contribution in [0.1, 0.15) is 42.9 Å². The van der Waals surface area contributed by atoms with E-state index in [0.29, 0.717) is 11.8 Å². The molecule has 76 valence electrons. The Morgan fingerprint density at radius 1 is 1.36 bits per heavy atom. The van der Waals surface area contributed by atoms with Gasteiger partial charge < -0.3 is 5.32 Å². The molecule has 0 bridgehead atoms. The van der Waals surface area contributed by atoms with Crippen LogP contribution in [0.4, 0.5) is 0 Å². The van der Waals surface area contributed by atoms with Gasteiger partial charge in [-0.3, -0.25) is 0 Å². The lowest BCUT2D eigenvalue weighted by atomic mass is 10.0. The van der Waals surface area contributed by atoms with Crippen molar-refractivity contribution in [3.63, 3.8) is 0 Å². The molecule has 3 nitrogen and oxygen atoms in total. The largest absolute Gasteiger partial charge is 0.315 e. The number of hydrogen-bond donors (Lipinski definition) is 1. The molecule has 2 heterocycles. The zero-order valence-corrected chi connectivity index (χ0v) is 9.04. The van der Waals surface area contributed by atoms with E-state index in [-0.39, 0.29) is 0 Å². The summed E-state index contributed by atoms with van der Waals surface area (Å²) in [7, 11) is 0. The van der Waals surface area contributed by atoms with Crippen molar-refractivity contribution in [3.05, 3.63) is 23.3 Å². The van der Waals surface area contributed by atoms with E-state index < -0.39 is 0 Å². The van der Waals surface area contributed by atoms with E-state index in [1.807, 2.05) is 6.92 Å². The second-order valence-corrected chi connectivity index (χ2v) is 4.30. The molecule has 0 aliphatic carbocycles. The molecule has 1 N–H and O–H groups in total. The van der Waals surface area contributed by atoms with Gasteiger partial charge in [0.1, 0.15) is 5.82 Å². The normalized spacial score (nSPS) is 17.1. The van der Waals surface area contributed by atoms with E-state index in [1.54, 1.807) is 0 Å². The highest BCUT2D eigenvalue weighted by Gasteiger charge is 2.22. The fourth-order valence-corrected chi connectivity index (χ4v) is 1.57. The van der Waals surface area contributed by atoms with Crippen molar-refractivity contribution < 1.29 is 0 Å². The second kappa shape index (κ2) is 3.65. The zero-order chi connectivity index (χ0) is 10.1. The second-order valence-electron chi connectivity index (χ2n) is 4.30. The zero-order valence-electron chi connectivity index (χ0n) is 9.04. The first-order chi connectivity index (χ1) is 6.66. The average Bonchev–Trinajstić information content (AvgIpc) is 1.99. The molecule has 0 atom stereocenters. The molecule has 0 saturated carbocycles. The summed E-state index contributed by atoms with van der Waals surface area (Å²) in [4.78, 5) is 9.09. The van der Waals surface area contributed by atoms with Gasteiger partial charge in [-0.15, -0.1) is 0 Å². The van der Waals surface area contributed by atoms with Crippen LogP contribution in [-0.2, 0) is 0 Å². The van der Waals surface area contributed by atoms with Crippen molar-refractivity contribution in [2.45, 2.75) is 32.6 Å². The molecule has 1 fully saturated rings. The first kappa shape index (κ1) is 9.59. The highest BCUT2D eigenvalue weighted by molar-refractivity contribution is 5.16. The van der Waals surface area contributed by atoms with E-state index in [9.17, 15) is 0 Å². The Hall–Kier alpha value is -0.960. The predicted molar refractivity (Wildman–Crippen MR) is 56.5 cm³/mol. The minimum absolute atomic E-state index is 0.489. The maximum absolute atomic E-state index is 4.60. The monoisotopic (exact) mass is 191 g/mol. The van der Waals surface area contributed by atoms with Gasteiger partial charge in [0, 0.05) is 30.4 Å². The van der Waals surface area contributed by atoms with Crippen LogP contribution in [0.3, 0.4) is 0 Å². The van der Waals surface area contributed by atoms with Crippen LogP contribution in [0.25, 0.3) is 0 Å². The summed E-state index contributed by atoms with van der Waals surface area (Å²) < 4.78 is 0. The predicted octanol–water partition coefficient (Wildman–Crippen LogP) is 1.60. The lowest BCUT2D eigenvalue weighted by Crippen LogP contribution is -2.41. The Morgan fingerprint density at radius 2 is 2.07 bits per heavy atom. The first-order valence-electron chi connectivity index (χ1n) is 5.23. The Balaban J connectivity index is 2.30. The standard InChI is InChI=1S/C11H17N3/c1-7(2)10-4-8(3)13-11(14-10)9-5-12-6-9/h4,7,9,12H,5-6H2,1-3H3. The maximum atomic E-state index is 4.60. The number of hydrogen-bond acceptors (Lipinski definition) is 3. The highest BCUT2D eigenvalue weighted by Crippen LogP contribution is 2.19. The Labute approximate surface area is 85.0 Å². The molecule has 0 spiro atoms. The SMILES string of the molecule is Cc1cc(C(C)C)nc(C2CNC2)n1. The van der Waals surface area contributed by atoms with Crippen molar-refractivity contribution in [1.82, 2.24) is 15.3 Å². The van der Waals surface area contributed by atoms with Crippen LogP contribution in [0.5, 0.6) is 0 Å². The quantitative estimate of drug-likeness (QED) is 0.771. The topological polar surface area (TPSA) is 37.8 Å². The molecule has 0 unspecified atom stereocenters. The van der Waals surface area contributed by atoms with Crippen molar-refractivity contribution >= 4 is 0 Å². The molecule has 1 aromatic rings. The molecule has 1 aliphatic heterocycles. The summed E-state index contributed by atoms with van der Waals surface area (Å²) in [5, 5.41) is 3.25. The van der Waals surface area contributed by atoms with Gasteiger partial charge in [0.05, 0.1) is 0 Å². The third-order valence-corrected chi connectivity index (χ3v) is 2.63. The van der Waals surface area contributed by atoms with Gasteiger partial charge in [0.2, 0.25) is 0 Å². The number of aryl methyl sites for hydroxylation is 1. The summed E-state index contributed by atoms with van der Waals surface area (Å²) >= 11 is 0. The Kier molecular flexibility index (Phi) is 2.50. The Bertz CT molecular complexity index is 329. The molecule has 0 amide bonds. The van der Waals surface area contributed by atoms with Gasteiger partial charge in [-0.05, 0) is 18.9 Å². The highest BCUT2D eigenvalue weighted by atomic mass is 15.0. The fraction of sp³-hybridized carbons (Fsp3) is 0.636. The summed E-state index contributed by atoms with van der Waals surface area (Å²) in [6, 6.07) is 2.08. The van der Waals surface area contributed by atoms with Gasteiger partial charge in [0.15, 0.2) is 0 Å². The number of nitrogens with zero attached hydrogens (tertiary/aromatic N) is 2. The molecular formula is C11H17N3. The number of rotatable bonds is 2. The summed E-state index contributed by atoms with van der Waals surface area (Å²) in [5.74, 6) is 2.04. The van der Waals surface area contributed by atoms with E-state index in [2.05, 4.69) is 35.2 Å². The van der Waals surface area contributed by atoms with Crippen LogP contribution in [0.15, 0.2) is 6.07 Å². The minimum atomic E-state index is 0.489. The van der Waals surface area contributed by atoms with Crippen molar-refractivity contribution in [1.29, 1.82) is 0 Å². The molecule has 2 rings (SSSR count). The fourth-order valence-electron chi connectivity index (χ4n) is 1.57. The van der Waals surface area contributed by atoms with Gasteiger partial charge >= 0.3 is 0 Å². The maximum Gasteiger partial charge on any atom is 0.134 e. The molecular weight excluding hydrogens is 174 g/mol. The third kappa shape index (κ3) is 1.77. The van der Waals surface area contributed by atoms with Gasteiger partial charge in [0.25, 0.3) is 0 Å². The lowest BCUT2D eigenvalue weighted by molar-refractivity contribution is 0.427. The first-order valence-corrected chi connectivity index (χ1v) is 5.23. The lowest BCUT2D eigenvalue weighted by Gasteiger charge is -2.26. The van der Waals surface area contributed by atoms with Crippen LogP contribution in [-0.4, -0.2) is 23.1 Å². The average molecular weight is 191 g/mol. The minimum Gasteiger partial charge on any atom is -0.315 e. The van der Waals surface area contributed by atoms with Crippen LogP contribution in [0, 0.1) is 6.92 Å². The van der Waals surface area contributed by atoms with Crippen LogP contribution >= 0.6 is 0 Å². The van der Waals surface area contributed by atoms with E-state index >= 15 is 0 Å². The molecule has 0 radical (unpaired) electrons. The molecule has 1 saturated heterocycles. The molecule has 3 heteroatoms. The molecule has 1 aromatic heterocycles. The van der Waals surface area contributed by atoms with Crippen LogP contribution in [0.2, 0.25) is 0 Å². The number of nitrogens with one attached hydrogen (secondary N) is 1. The van der Waals surface area contributed by atoms with Crippen molar-refractivity contribution in [2.24, 2.45) is 0 Å². The molecule has 0 aromatic carbocycles. The van der Waals surface area contributed by atoms with Gasteiger partial charge in [-0.2, -0.15) is 0 Å². The van der Waals surface area contributed by atoms with Crippen molar-refractivity contribution in [3.8, 4) is 0 Å². The molecule has 14 heavy (non-hydrogen) atoms. The summed E-state index contributed by atoms with van der Waals surface area (Å²) in [5.41, 5.74) is 2.25. The van der Waals surface area contributed by atoms with Gasteiger partial charge in [-0.25, -0.2) is 9.97 Å². The smallest absolute Gasteiger partial charge is 0.134 e. The third-order valence-electron chi connectivity index (χ3n) is 2.63. The van der Waals surface area contributed by atoms with E-state index in [4.69, 9.17) is 0 Å². The van der Waals surface area contributed by atoms with Gasteiger partial charge in [-0.1, -0.05) is 13.8 Å². The Morgan fingerprint density at radius 3 is 2.57 bits per heavy atom. The van der Waals surface area contributed by atoms with Crippen molar-refractivity contribution in [2.75, 3.05) is 13.1 Å². The summed E-state index contributed by atoms with van der Waals surface area (Å²) in [6.45, 7) is 8.44. The summed E-state index contributed by atoms with van der Waals surface area (Å²) in [6.07, 6.45) is 0. The number of aromatic nitrogens is 2. The van der Waals surface area contributed by atoms with Crippen LogP contribution < -0.4 is 5.32 Å².